The average molecular weight is 218 g/mol. The van der Waals surface area contributed by atoms with Crippen molar-refractivity contribution >= 4 is 5.57 Å². The average Bonchev–Trinajstić information content (AvgIpc) is 2.28. The zero-order chi connectivity index (χ0) is 12.6. The first-order chi connectivity index (χ1) is 7.56. The molecular formula is C16H26. The summed E-state index contributed by atoms with van der Waals surface area (Å²) in [7, 11) is 0. The second kappa shape index (κ2) is 8.15. The van der Waals surface area contributed by atoms with Crippen molar-refractivity contribution in [3.05, 3.63) is 41.0 Å². The molecule has 16 heavy (non-hydrogen) atoms. The first-order valence-corrected chi connectivity index (χ1v) is 6.27. The maximum Gasteiger partial charge on any atom is -0.0201 e. The van der Waals surface area contributed by atoms with E-state index in [9.17, 15) is 0 Å². The molecule has 0 aromatic heterocycles. The minimum atomic E-state index is 1.32. The molecule has 0 aliphatic rings. The SMILES string of the molecule is C/C=C(/C)c1ccc(C)cc1C.CCCC. The van der Waals surface area contributed by atoms with Gasteiger partial charge in [0.15, 0.2) is 0 Å². The van der Waals surface area contributed by atoms with Gasteiger partial charge in [0, 0.05) is 0 Å². The van der Waals surface area contributed by atoms with Crippen molar-refractivity contribution in [1.29, 1.82) is 0 Å². The molecule has 0 aliphatic heterocycles. The number of hydrogen-bond donors (Lipinski definition) is 0. The lowest BCUT2D eigenvalue weighted by molar-refractivity contribution is 0.886. The van der Waals surface area contributed by atoms with Crippen molar-refractivity contribution in [2.24, 2.45) is 0 Å². The molecule has 0 nitrogen and oxygen atoms in total. The van der Waals surface area contributed by atoms with Gasteiger partial charge in [-0.2, -0.15) is 0 Å². The van der Waals surface area contributed by atoms with Gasteiger partial charge in [-0.25, -0.2) is 0 Å². The van der Waals surface area contributed by atoms with Crippen LogP contribution in [-0.4, -0.2) is 0 Å². The second-order valence-electron chi connectivity index (χ2n) is 4.29. The third-order valence-corrected chi connectivity index (χ3v) is 2.74. The zero-order valence-corrected chi connectivity index (χ0v) is 11.7. The topological polar surface area (TPSA) is 0 Å². The quantitative estimate of drug-likeness (QED) is 0.612. The summed E-state index contributed by atoms with van der Waals surface area (Å²) >= 11 is 0. The van der Waals surface area contributed by atoms with Gasteiger partial charge in [0.25, 0.3) is 0 Å². The summed E-state index contributed by atoms with van der Waals surface area (Å²) in [4.78, 5) is 0. The summed E-state index contributed by atoms with van der Waals surface area (Å²) in [5, 5.41) is 0. The van der Waals surface area contributed by atoms with Gasteiger partial charge in [-0.3, -0.25) is 0 Å². The highest BCUT2D eigenvalue weighted by Crippen LogP contribution is 2.18. The first-order valence-electron chi connectivity index (χ1n) is 6.27. The molecule has 90 valence electrons. The summed E-state index contributed by atoms with van der Waals surface area (Å²) in [5.41, 5.74) is 5.42. The maximum atomic E-state index is 2.22. The number of unbranched alkanes of at least 4 members (excludes halogenated alkanes) is 1. The largest absolute Gasteiger partial charge is 0.0841 e. The van der Waals surface area contributed by atoms with E-state index in [0.717, 1.165) is 0 Å². The Morgan fingerprint density at radius 1 is 1.12 bits per heavy atom. The van der Waals surface area contributed by atoms with Crippen molar-refractivity contribution in [3.8, 4) is 0 Å². The van der Waals surface area contributed by atoms with E-state index in [1.165, 1.54) is 35.1 Å². The molecular weight excluding hydrogens is 192 g/mol. The molecule has 0 heterocycles. The monoisotopic (exact) mass is 218 g/mol. The van der Waals surface area contributed by atoms with Crippen LogP contribution in [0, 0.1) is 13.8 Å². The first kappa shape index (κ1) is 15.0. The third kappa shape index (κ3) is 5.16. The Morgan fingerprint density at radius 2 is 1.69 bits per heavy atom. The number of allylic oxidation sites excluding steroid dienone is 2. The van der Waals surface area contributed by atoms with Gasteiger partial charge in [-0.1, -0.05) is 56.5 Å². The van der Waals surface area contributed by atoms with E-state index in [-0.39, 0.29) is 0 Å². The smallest absolute Gasteiger partial charge is 0.0201 e. The van der Waals surface area contributed by atoms with Gasteiger partial charge in [-0.05, 0) is 44.4 Å². The van der Waals surface area contributed by atoms with Gasteiger partial charge in [0.05, 0.1) is 0 Å². The van der Waals surface area contributed by atoms with Gasteiger partial charge in [0.1, 0.15) is 0 Å². The summed E-state index contributed by atoms with van der Waals surface area (Å²) in [6.07, 6.45) is 4.79. The molecule has 1 rings (SSSR count). The molecule has 1 aromatic carbocycles. The standard InChI is InChI=1S/C12H16.C4H10/c1-5-10(3)12-7-6-9(2)8-11(12)4;1-3-4-2/h5-8H,1-4H3;3-4H2,1-2H3/b10-5-;. The molecule has 0 saturated heterocycles. The molecule has 0 N–H and O–H groups in total. The van der Waals surface area contributed by atoms with E-state index >= 15 is 0 Å². The number of aryl methyl sites for hydroxylation is 2. The molecule has 0 amide bonds. The lowest BCUT2D eigenvalue weighted by atomic mass is 10.00. The van der Waals surface area contributed by atoms with Crippen LogP contribution in [0.4, 0.5) is 0 Å². The summed E-state index contributed by atoms with van der Waals surface area (Å²) in [5.74, 6) is 0. The van der Waals surface area contributed by atoms with Crippen LogP contribution in [0.25, 0.3) is 5.57 Å². The molecule has 0 heteroatoms. The fourth-order valence-electron chi connectivity index (χ4n) is 1.41. The molecule has 0 aliphatic carbocycles. The van der Waals surface area contributed by atoms with Crippen LogP contribution in [0.1, 0.15) is 57.2 Å². The van der Waals surface area contributed by atoms with Crippen LogP contribution in [0.5, 0.6) is 0 Å². The summed E-state index contributed by atoms with van der Waals surface area (Å²) in [6.45, 7) is 12.9. The van der Waals surface area contributed by atoms with Gasteiger partial charge in [0.2, 0.25) is 0 Å². The molecule has 0 unspecified atom stereocenters. The molecule has 0 spiro atoms. The van der Waals surface area contributed by atoms with Crippen LogP contribution < -0.4 is 0 Å². The Morgan fingerprint density at radius 3 is 2.06 bits per heavy atom. The van der Waals surface area contributed by atoms with Crippen LogP contribution in [0.2, 0.25) is 0 Å². The van der Waals surface area contributed by atoms with Gasteiger partial charge < -0.3 is 0 Å². The number of benzene rings is 1. The van der Waals surface area contributed by atoms with Crippen LogP contribution >= 0.6 is 0 Å². The molecule has 0 bridgehead atoms. The molecule has 0 saturated carbocycles. The van der Waals surface area contributed by atoms with E-state index in [0.29, 0.717) is 0 Å². The fraction of sp³-hybridized carbons (Fsp3) is 0.500. The third-order valence-electron chi connectivity index (χ3n) is 2.74. The lowest BCUT2D eigenvalue weighted by Gasteiger charge is -2.06. The van der Waals surface area contributed by atoms with Crippen molar-refractivity contribution < 1.29 is 0 Å². The van der Waals surface area contributed by atoms with Crippen molar-refractivity contribution in [3.63, 3.8) is 0 Å². The Kier molecular flexibility index (Phi) is 7.62. The van der Waals surface area contributed by atoms with Gasteiger partial charge >= 0.3 is 0 Å². The van der Waals surface area contributed by atoms with Crippen LogP contribution in [0.15, 0.2) is 24.3 Å². The summed E-state index contributed by atoms with van der Waals surface area (Å²) < 4.78 is 0. The van der Waals surface area contributed by atoms with Crippen molar-refractivity contribution in [2.45, 2.75) is 54.4 Å². The van der Waals surface area contributed by atoms with E-state index in [1.54, 1.807) is 0 Å². The van der Waals surface area contributed by atoms with E-state index < -0.39 is 0 Å². The van der Waals surface area contributed by atoms with Crippen LogP contribution in [0.3, 0.4) is 0 Å². The number of hydrogen-bond acceptors (Lipinski definition) is 0. The molecule has 0 fully saturated rings. The van der Waals surface area contributed by atoms with Crippen molar-refractivity contribution in [2.75, 3.05) is 0 Å². The van der Waals surface area contributed by atoms with Gasteiger partial charge in [-0.15, -0.1) is 0 Å². The van der Waals surface area contributed by atoms with E-state index in [1.807, 2.05) is 0 Å². The second-order valence-corrected chi connectivity index (χ2v) is 4.29. The molecule has 1 aromatic rings. The predicted octanol–water partition coefficient (Wildman–Crippen LogP) is 5.53. The minimum absolute atomic E-state index is 1.32. The Hall–Kier alpha value is -1.04. The highest BCUT2D eigenvalue weighted by molar-refractivity contribution is 5.66. The molecule has 0 radical (unpaired) electrons. The minimum Gasteiger partial charge on any atom is -0.0841 e. The summed E-state index contributed by atoms with van der Waals surface area (Å²) in [6, 6.07) is 6.58. The fourth-order valence-corrected chi connectivity index (χ4v) is 1.41. The Bertz CT molecular complexity index is 330. The maximum absolute atomic E-state index is 2.22. The normalized spacial score (nSPS) is 10.8. The van der Waals surface area contributed by atoms with Crippen molar-refractivity contribution in [1.82, 2.24) is 0 Å². The predicted molar refractivity (Wildman–Crippen MR) is 75.8 cm³/mol. The zero-order valence-electron chi connectivity index (χ0n) is 11.7. The lowest BCUT2D eigenvalue weighted by Crippen LogP contribution is -1.86. The Balaban J connectivity index is 0.000000487. The highest BCUT2D eigenvalue weighted by Gasteiger charge is 1.98. The Labute approximate surface area is 101 Å². The highest BCUT2D eigenvalue weighted by atomic mass is 14.0. The molecule has 0 atom stereocenters. The number of rotatable bonds is 2. The van der Waals surface area contributed by atoms with Crippen LogP contribution in [-0.2, 0) is 0 Å². The van der Waals surface area contributed by atoms with E-state index in [2.05, 4.69) is 65.8 Å². The van der Waals surface area contributed by atoms with E-state index in [4.69, 9.17) is 0 Å².